The molecular formula is C11H9Cl3N2O2. The molecule has 0 saturated carbocycles. The van der Waals surface area contributed by atoms with E-state index in [0.717, 1.165) is 4.57 Å². The smallest absolute Gasteiger partial charge is 0.335 e. The van der Waals surface area contributed by atoms with E-state index in [1.165, 1.54) is 16.7 Å². The Morgan fingerprint density at radius 2 is 1.67 bits per heavy atom. The average molecular weight is 308 g/mol. The molecule has 4 nitrogen and oxygen atoms in total. The van der Waals surface area contributed by atoms with Crippen molar-refractivity contribution in [2.75, 3.05) is 0 Å². The second-order valence-corrected chi connectivity index (χ2v) is 5.00. The predicted molar refractivity (Wildman–Crippen MR) is 72.4 cm³/mol. The molecule has 0 saturated heterocycles. The van der Waals surface area contributed by atoms with Gasteiger partial charge in [0, 0.05) is 7.05 Å². The van der Waals surface area contributed by atoms with Crippen LogP contribution < -0.4 is 5.69 Å². The lowest BCUT2D eigenvalue weighted by Crippen LogP contribution is -2.21. The van der Waals surface area contributed by atoms with Crippen LogP contribution >= 0.6 is 34.8 Å². The summed E-state index contributed by atoms with van der Waals surface area (Å²) in [5.41, 5.74) is 0.419. The lowest BCUT2D eigenvalue weighted by atomic mass is 10.3. The van der Waals surface area contributed by atoms with Crippen LogP contribution in [0.1, 0.15) is 5.69 Å². The molecule has 1 heterocycles. The summed E-state index contributed by atoms with van der Waals surface area (Å²) in [7, 11) is 1.56. The second-order valence-electron chi connectivity index (χ2n) is 3.81. The largest absolute Gasteiger partial charge is 0.493 e. The van der Waals surface area contributed by atoms with E-state index >= 15 is 0 Å². The van der Waals surface area contributed by atoms with Gasteiger partial charge in [0.25, 0.3) is 0 Å². The van der Waals surface area contributed by atoms with Crippen molar-refractivity contribution in [1.82, 2.24) is 9.13 Å². The topological polar surface area (TPSA) is 47.2 Å². The van der Waals surface area contributed by atoms with Gasteiger partial charge in [-0.25, -0.2) is 9.36 Å². The molecule has 0 radical (unpaired) electrons. The maximum Gasteiger partial charge on any atom is 0.335 e. The molecule has 18 heavy (non-hydrogen) atoms. The van der Waals surface area contributed by atoms with Gasteiger partial charge >= 0.3 is 5.69 Å². The zero-order valence-corrected chi connectivity index (χ0v) is 11.8. The summed E-state index contributed by atoms with van der Waals surface area (Å²) < 4.78 is 2.44. The fourth-order valence-electron chi connectivity index (χ4n) is 1.60. The van der Waals surface area contributed by atoms with Crippen LogP contribution in [0.5, 0.6) is 5.88 Å². The highest BCUT2D eigenvalue weighted by Gasteiger charge is 2.17. The van der Waals surface area contributed by atoms with Crippen molar-refractivity contribution < 1.29 is 5.11 Å². The Bertz CT molecular complexity index is 665. The number of nitrogens with zero attached hydrogens (tertiary/aromatic N) is 2. The third-order valence-corrected chi connectivity index (χ3v) is 3.94. The monoisotopic (exact) mass is 306 g/mol. The fourth-order valence-corrected chi connectivity index (χ4v) is 2.18. The number of aromatic hydroxyl groups is 1. The number of aromatic nitrogens is 2. The number of imidazole rings is 1. The van der Waals surface area contributed by atoms with Gasteiger partial charge in [0.2, 0.25) is 5.88 Å². The number of hydrogen-bond acceptors (Lipinski definition) is 2. The molecular weight excluding hydrogens is 298 g/mol. The number of halogens is 3. The first-order valence-corrected chi connectivity index (χ1v) is 6.10. The summed E-state index contributed by atoms with van der Waals surface area (Å²) in [5.74, 6) is -0.156. The molecule has 0 aliphatic heterocycles. The van der Waals surface area contributed by atoms with Gasteiger partial charge in [-0.15, -0.1) is 0 Å². The molecule has 1 N–H and O–H groups in total. The molecule has 0 spiro atoms. The molecule has 7 heteroatoms. The van der Waals surface area contributed by atoms with Crippen LogP contribution in [-0.2, 0) is 7.05 Å². The molecule has 1 aromatic carbocycles. The van der Waals surface area contributed by atoms with Gasteiger partial charge in [0.05, 0.1) is 26.4 Å². The molecule has 0 unspecified atom stereocenters. The van der Waals surface area contributed by atoms with Crippen molar-refractivity contribution in [2.45, 2.75) is 6.92 Å². The zero-order valence-electron chi connectivity index (χ0n) is 9.54. The van der Waals surface area contributed by atoms with Gasteiger partial charge < -0.3 is 5.11 Å². The van der Waals surface area contributed by atoms with E-state index in [2.05, 4.69) is 0 Å². The molecule has 2 aromatic rings. The highest BCUT2D eigenvalue weighted by molar-refractivity contribution is 6.48. The van der Waals surface area contributed by atoms with Crippen LogP contribution in [0.4, 0.5) is 0 Å². The molecule has 1 aromatic heterocycles. The minimum atomic E-state index is -0.389. The molecule has 0 aliphatic rings. The average Bonchev–Trinajstić information content (AvgIpc) is 2.50. The zero-order chi connectivity index (χ0) is 13.6. The molecule has 96 valence electrons. The van der Waals surface area contributed by atoms with Crippen LogP contribution in [-0.4, -0.2) is 14.2 Å². The van der Waals surface area contributed by atoms with E-state index in [0.29, 0.717) is 11.4 Å². The van der Waals surface area contributed by atoms with Gasteiger partial charge in [-0.05, 0) is 19.1 Å². The van der Waals surface area contributed by atoms with Crippen molar-refractivity contribution in [2.24, 2.45) is 7.05 Å². The SMILES string of the molecule is Cc1c(O)n(-c2cc(Cl)c(Cl)c(Cl)c2)c(=O)n1C. The van der Waals surface area contributed by atoms with Crippen LogP contribution in [0.15, 0.2) is 16.9 Å². The van der Waals surface area contributed by atoms with E-state index in [9.17, 15) is 9.90 Å². The maximum atomic E-state index is 12.0. The Morgan fingerprint density at radius 3 is 2.06 bits per heavy atom. The first-order chi connectivity index (χ1) is 8.34. The summed E-state index contributed by atoms with van der Waals surface area (Å²) in [6, 6.07) is 2.94. The lowest BCUT2D eigenvalue weighted by Gasteiger charge is -2.06. The van der Waals surface area contributed by atoms with Crippen LogP contribution in [0, 0.1) is 6.92 Å². The van der Waals surface area contributed by atoms with Gasteiger partial charge in [-0.1, -0.05) is 34.8 Å². The van der Waals surface area contributed by atoms with Gasteiger partial charge in [-0.3, -0.25) is 4.57 Å². The Labute approximate surface area is 118 Å². The quantitative estimate of drug-likeness (QED) is 0.823. The van der Waals surface area contributed by atoms with Crippen LogP contribution in [0.3, 0.4) is 0 Å². The van der Waals surface area contributed by atoms with Crippen molar-refractivity contribution >= 4 is 34.8 Å². The highest BCUT2D eigenvalue weighted by atomic mass is 35.5. The van der Waals surface area contributed by atoms with Gasteiger partial charge in [0.1, 0.15) is 0 Å². The van der Waals surface area contributed by atoms with Gasteiger partial charge in [-0.2, -0.15) is 0 Å². The maximum absolute atomic E-state index is 12.0. The third kappa shape index (κ3) is 1.90. The summed E-state index contributed by atoms with van der Waals surface area (Å²) >= 11 is 17.6. The van der Waals surface area contributed by atoms with Gasteiger partial charge in [0.15, 0.2) is 0 Å². The van der Waals surface area contributed by atoms with E-state index < -0.39 is 0 Å². The van der Waals surface area contributed by atoms with Crippen molar-refractivity contribution in [3.63, 3.8) is 0 Å². The van der Waals surface area contributed by atoms with E-state index in [4.69, 9.17) is 34.8 Å². The molecule has 2 rings (SSSR count). The third-order valence-electron chi connectivity index (χ3n) is 2.74. The normalized spacial score (nSPS) is 10.9. The second kappa shape index (κ2) is 4.53. The molecule has 0 amide bonds. The minimum Gasteiger partial charge on any atom is -0.493 e. The van der Waals surface area contributed by atoms with Crippen LogP contribution in [0.2, 0.25) is 15.1 Å². The van der Waals surface area contributed by atoms with E-state index in [1.807, 2.05) is 0 Å². The molecule has 0 fully saturated rings. The first-order valence-electron chi connectivity index (χ1n) is 4.96. The molecule has 0 bridgehead atoms. The fraction of sp³-hybridized carbons (Fsp3) is 0.182. The highest BCUT2D eigenvalue weighted by Crippen LogP contribution is 2.33. The lowest BCUT2D eigenvalue weighted by molar-refractivity contribution is 0.436. The van der Waals surface area contributed by atoms with E-state index in [1.54, 1.807) is 14.0 Å². The Morgan fingerprint density at radius 1 is 1.17 bits per heavy atom. The molecule has 0 atom stereocenters. The summed E-state index contributed by atoms with van der Waals surface area (Å²) in [4.78, 5) is 12.0. The Hall–Kier alpha value is -1.10. The number of hydrogen-bond donors (Lipinski definition) is 1. The van der Waals surface area contributed by atoms with Crippen molar-refractivity contribution in [3.05, 3.63) is 43.4 Å². The number of benzene rings is 1. The van der Waals surface area contributed by atoms with Crippen LogP contribution in [0.25, 0.3) is 5.69 Å². The summed E-state index contributed by atoms with van der Waals surface area (Å²) in [6.07, 6.45) is 0. The Kier molecular flexibility index (Phi) is 3.36. The Balaban J connectivity index is 2.78. The molecule has 0 aliphatic carbocycles. The van der Waals surface area contributed by atoms with E-state index in [-0.39, 0.29) is 26.6 Å². The standard InChI is InChI=1S/C11H9Cl3N2O2/c1-5-10(17)16(11(18)15(5)2)6-3-7(12)9(14)8(13)4-6/h3-4,17H,1-2H3. The summed E-state index contributed by atoms with van der Waals surface area (Å²) in [5, 5.41) is 10.6. The first kappa shape index (κ1) is 13.3. The number of rotatable bonds is 1. The minimum absolute atomic E-state index is 0.156. The van der Waals surface area contributed by atoms with Crippen molar-refractivity contribution in [3.8, 4) is 11.6 Å². The summed E-state index contributed by atoms with van der Waals surface area (Å²) in [6.45, 7) is 1.63. The predicted octanol–water partition coefficient (Wildman–Crippen LogP) is 3.15. The van der Waals surface area contributed by atoms with Crippen molar-refractivity contribution in [1.29, 1.82) is 0 Å².